The van der Waals surface area contributed by atoms with Gasteiger partial charge in [0.15, 0.2) is 5.78 Å². The number of hydrogen-bond acceptors (Lipinski definition) is 3. The van der Waals surface area contributed by atoms with Crippen molar-refractivity contribution in [1.29, 1.82) is 0 Å². The van der Waals surface area contributed by atoms with E-state index >= 15 is 0 Å². The fourth-order valence-electron chi connectivity index (χ4n) is 1.92. The molecule has 1 aromatic carbocycles. The average Bonchev–Trinajstić information content (AvgIpc) is 2.83. The van der Waals surface area contributed by atoms with E-state index in [9.17, 15) is 9.18 Å². The van der Waals surface area contributed by atoms with Crippen LogP contribution in [0.1, 0.15) is 15.2 Å². The lowest BCUT2D eigenvalue weighted by Crippen LogP contribution is -2.00. The summed E-state index contributed by atoms with van der Waals surface area (Å²) in [5.74, 6) is -0.227. The molecule has 3 rings (SSSR count). The van der Waals surface area contributed by atoms with Gasteiger partial charge in [-0.15, -0.1) is 11.3 Å². The maximum atomic E-state index is 13.1. The number of Topliss-reactive ketones (excluding diaryl/α,β-unsaturated/α-hetero) is 1. The third-order valence-corrected chi connectivity index (χ3v) is 4.01. The molecule has 19 heavy (non-hydrogen) atoms. The third-order valence-electron chi connectivity index (χ3n) is 2.87. The highest BCUT2D eigenvalue weighted by atomic mass is 32.1. The molecule has 0 N–H and O–H groups in total. The number of rotatable bonds is 3. The number of aromatic nitrogens is 1. The average molecular weight is 271 g/mol. The van der Waals surface area contributed by atoms with Gasteiger partial charge in [-0.05, 0) is 41.3 Å². The minimum Gasteiger partial charge on any atom is -0.293 e. The summed E-state index contributed by atoms with van der Waals surface area (Å²) in [5, 5.41) is 0.907. The fourth-order valence-corrected chi connectivity index (χ4v) is 2.94. The van der Waals surface area contributed by atoms with Crippen molar-refractivity contribution in [2.45, 2.75) is 6.42 Å². The summed E-state index contributed by atoms with van der Waals surface area (Å²) in [4.78, 5) is 16.7. The van der Waals surface area contributed by atoms with Gasteiger partial charge >= 0.3 is 0 Å². The SMILES string of the molecule is O=C(Cc1ccncc1)c1cc2ccc(F)cc2s1. The maximum Gasteiger partial charge on any atom is 0.177 e. The molecule has 0 aliphatic rings. The van der Waals surface area contributed by atoms with E-state index in [0.717, 1.165) is 15.6 Å². The molecule has 0 amide bonds. The van der Waals surface area contributed by atoms with Crippen LogP contribution in [-0.2, 0) is 6.42 Å². The quantitative estimate of drug-likeness (QED) is 0.677. The van der Waals surface area contributed by atoms with Crippen molar-refractivity contribution in [3.8, 4) is 0 Å². The first-order chi connectivity index (χ1) is 9.22. The molecule has 0 saturated carbocycles. The number of fused-ring (bicyclic) bond motifs is 1. The number of pyridine rings is 1. The topological polar surface area (TPSA) is 30.0 Å². The van der Waals surface area contributed by atoms with Crippen molar-refractivity contribution in [3.05, 3.63) is 65.0 Å². The van der Waals surface area contributed by atoms with Gasteiger partial charge in [0.2, 0.25) is 0 Å². The minimum absolute atomic E-state index is 0.0489. The Labute approximate surface area is 113 Å². The molecule has 0 fully saturated rings. The van der Waals surface area contributed by atoms with Crippen molar-refractivity contribution in [2.24, 2.45) is 0 Å². The summed E-state index contributed by atoms with van der Waals surface area (Å²) in [6, 6.07) is 10.0. The molecule has 0 spiro atoms. The fraction of sp³-hybridized carbons (Fsp3) is 0.0667. The van der Waals surface area contributed by atoms with E-state index in [1.165, 1.54) is 23.5 Å². The van der Waals surface area contributed by atoms with E-state index in [-0.39, 0.29) is 11.6 Å². The summed E-state index contributed by atoms with van der Waals surface area (Å²) in [6.07, 6.45) is 3.68. The van der Waals surface area contributed by atoms with Crippen LogP contribution in [-0.4, -0.2) is 10.8 Å². The van der Waals surface area contributed by atoms with Gasteiger partial charge < -0.3 is 0 Å². The number of halogens is 1. The summed E-state index contributed by atoms with van der Waals surface area (Å²) >= 11 is 1.33. The Balaban J connectivity index is 1.89. The van der Waals surface area contributed by atoms with Gasteiger partial charge in [-0.3, -0.25) is 9.78 Å². The predicted octanol–water partition coefficient (Wildman–Crippen LogP) is 3.86. The van der Waals surface area contributed by atoms with E-state index in [1.807, 2.05) is 18.2 Å². The Bertz CT molecular complexity index is 736. The number of thiophene rings is 1. The molecule has 2 nitrogen and oxygen atoms in total. The molecule has 0 bridgehead atoms. The number of hydrogen-bond donors (Lipinski definition) is 0. The normalized spacial score (nSPS) is 10.8. The van der Waals surface area contributed by atoms with Crippen LogP contribution in [0.3, 0.4) is 0 Å². The molecule has 4 heteroatoms. The van der Waals surface area contributed by atoms with Crippen molar-refractivity contribution < 1.29 is 9.18 Å². The molecule has 0 unspecified atom stereocenters. The van der Waals surface area contributed by atoms with Crippen LogP contribution in [0.15, 0.2) is 48.8 Å². The van der Waals surface area contributed by atoms with Crippen LogP contribution in [0, 0.1) is 5.82 Å². The monoisotopic (exact) mass is 271 g/mol. The molecule has 0 saturated heterocycles. The zero-order valence-corrected chi connectivity index (χ0v) is 10.8. The molecular weight excluding hydrogens is 261 g/mol. The molecular formula is C15H10FNOS. The number of carbonyl (C=O) groups is 1. The Morgan fingerprint density at radius 2 is 1.95 bits per heavy atom. The summed E-state index contributed by atoms with van der Waals surface area (Å²) in [7, 11) is 0. The van der Waals surface area contributed by atoms with Crippen LogP contribution in [0.25, 0.3) is 10.1 Å². The van der Waals surface area contributed by atoms with Gasteiger partial charge in [0, 0.05) is 23.5 Å². The van der Waals surface area contributed by atoms with E-state index in [1.54, 1.807) is 18.5 Å². The summed E-state index contributed by atoms with van der Waals surface area (Å²) < 4.78 is 13.9. The van der Waals surface area contributed by atoms with Crippen LogP contribution in [0.5, 0.6) is 0 Å². The zero-order chi connectivity index (χ0) is 13.2. The Morgan fingerprint density at radius 3 is 2.74 bits per heavy atom. The highest BCUT2D eigenvalue weighted by Crippen LogP contribution is 2.27. The predicted molar refractivity (Wildman–Crippen MR) is 74.1 cm³/mol. The lowest BCUT2D eigenvalue weighted by Gasteiger charge is -1.97. The molecule has 0 atom stereocenters. The number of benzene rings is 1. The van der Waals surface area contributed by atoms with E-state index < -0.39 is 0 Å². The molecule has 0 radical (unpaired) electrons. The van der Waals surface area contributed by atoms with E-state index in [4.69, 9.17) is 0 Å². The molecule has 3 aromatic rings. The number of carbonyl (C=O) groups excluding carboxylic acids is 1. The van der Waals surface area contributed by atoms with Crippen LogP contribution in [0.4, 0.5) is 4.39 Å². The van der Waals surface area contributed by atoms with Gasteiger partial charge in [0.05, 0.1) is 4.88 Å². The van der Waals surface area contributed by atoms with E-state index in [2.05, 4.69) is 4.98 Å². The van der Waals surface area contributed by atoms with E-state index in [0.29, 0.717) is 11.3 Å². The second-order valence-electron chi connectivity index (χ2n) is 4.25. The summed E-state index contributed by atoms with van der Waals surface area (Å²) in [6.45, 7) is 0. The Hall–Kier alpha value is -2.07. The highest BCUT2D eigenvalue weighted by molar-refractivity contribution is 7.20. The molecule has 2 aromatic heterocycles. The van der Waals surface area contributed by atoms with Crippen molar-refractivity contribution in [1.82, 2.24) is 4.98 Å². The molecule has 94 valence electrons. The second-order valence-corrected chi connectivity index (χ2v) is 5.33. The Morgan fingerprint density at radius 1 is 1.16 bits per heavy atom. The van der Waals surface area contributed by atoms with Gasteiger partial charge in [0.1, 0.15) is 5.82 Å². The van der Waals surface area contributed by atoms with Crippen molar-refractivity contribution in [2.75, 3.05) is 0 Å². The number of ketones is 1. The van der Waals surface area contributed by atoms with Crippen molar-refractivity contribution in [3.63, 3.8) is 0 Å². The smallest absolute Gasteiger partial charge is 0.177 e. The maximum absolute atomic E-state index is 13.1. The van der Waals surface area contributed by atoms with Crippen LogP contribution in [0.2, 0.25) is 0 Å². The van der Waals surface area contributed by atoms with Gasteiger partial charge in [0.25, 0.3) is 0 Å². The first-order valence-electron chi connectivity index (χ1n) is 5.83. The second kappa shape index (κ2) is 4.90. The molecule has 2 heterocycles. The van der Waals surface area contributed by atoms with Crippen molar-refractivity contribution >= 4 is 27.2 Å². The number of nitrogens with zero attached hydrogens (tertiary/aromatic N) is 1. The lowest BCUT2D eigenvalue weighted by molar-refractivity contribution is 0.0997. The summed E-state index contributed by atoms with van der Waals surface area (Å²) in [5.41, 5.74) is 0.934. The Kier molecular flexibility index (Phi) is 3.09. The van der Waals surface area contributed by atoms with Gasteiger partial charge in [-0.25, -0.2) is 4.39 Å². The zero-order valence-electron chi connectivity index (χ0n) is 9.97. The largest absolute Gasteiger partial charge is 0.293 e. The molecule has 0 aliphatic carbocycles. The van der Waals surface area contributed by atoms with Crippen LogP contribution < -0.4 is 0 Å². The minimum atomic E-state index is -0.275. The first-order valence-corrected chi connectivity index (χ1v) is 6.65. The van der Waals surface area contributed by atoms with Crippen LogP contribution >= 0.6 is 11.3 Å². The van der Waals surface area contributed by atoms with Gasteiger partial charge in [-0.2, -0.15) is 0 Å². The van der Waals surface area contributed by atoms with Gasteiger partial charge in [-0.1, -0.05) is 6.07 Å². The lowest BCUT2D eigenvalue weighted by atomic mass is 10.1. The molecule has 0 aliphatic heterocycles. The highest BCUT2D eigenvalue weighted by Gasteiger charge is 2.11. The first kappa shape index (κ1) is 12.0. The standard InChI is InChI=1S/C15H10FNOS/c16-12-2-1-11-8-15(19-14(11)9-12)13(18)7-10-3-5-17-6-4-10/h1-6,8-9H,7H2. The third kappa shape index (κ3) is 2.53.